The highest BCUT2D eigenvalue weighted by molar-refractivity contribution is 6.15. The lowest BCUT2D eigenvalue weighted by atomic mass is 10.1. The molecule has 0 aliphatic heterocycles. The third-order valence-corrected chi connectivity index (χ3v) is 3.63. The molecule has 0 unspecified atom stereocenters. The molecule has 0 spiro atoms. The van der Waals surface area contributed by atoms with Gasteiger partial charge in [0.1, 0.15) is 5.56 Å². The van der Waals surface area contributed by atoms with E-state index in [-0.39, 0.29) is 29.3 Å². The second kappa shape index (κ2) is 7.58. The second-order valence-electron chi connectivity index (χ2n) is 5.23. The minimum absolute atomic E-state index is 0.0368. The zero-order valence-corrected chi connectivity index (χ0v) is 13.1. The molecule has 1 aliphatic rings. The van der Waals surface area contributed by atoms with Crippen LogP contribution in [-0.2, 0) is 0 Å². The van der Waals surface area contributed by atoms with E-state index in [4.69, 9.17) is 9.84 Å². The Morgan fingerprint density at radius 1 is 1.40 bits per heavy atom. The first kappa shape index (κ1) is 18.8. The highest BCUT2D eigenvalue weighted by Crippen LogP contribution is 2.40. The van der Waals surface area contributed by atoms with Crippen molar-refractivity contribution in [1.82, 2.24) is 4.57 Å². The van der Waals surface area contributed by atoms with Gasteiger partial charge in [-0.25, -0.2) is 9.18 Å². The Balaban J connectivity index is 0.000000701. The van der Waals surface area contributed by atoms with E-state index in [1.807, 2.05) is 0 Å². The summed E-state index contributed by atoms with van der Waals surface area (Å²) in [6, 6.07) is 0.700. The molecule has 0 saturated heterocycles. The molecule has 1 radical (unpaired) electrons. The molecule has 2 aromatic rings. The molecule has 1 aromatic heterocycles. The van der Waals surface area contributed by atoms with Gasteiger partial charge in [0.05, 0.1) is 17.5 Å². The number of hydrogen-bond acceptors (Lipinski definition) is 3. The molecule has 25 heavy (non-hydrogen) atoms. The maximum atomic E-state index is 14.0. The lowest BCUT2D eigenvalue weighted by Crippen LogP contribution is -2.20. The number of hydrogen-bond donors (Lipinski definition) is 1. The smallest absolute Gasteiger partial charge is 0.489 e. The van der Waals surface area contributed by atoms with Gasteiger partial charge in [-0.2, -0.15) is 4.39 Å². The summed E-state index contributed by atoms with van der Waals surface area (Å²) in [5.41, 5.74) is -1.20. The monoisotopic (exact) mass is 358 g/mol. The highest BCUT2D eigenvalue weighted by Gasteiger charge is 2.30. The van der Waals surface area contributed by atoms with Crippen LogP contribution in [0.4, 0.5) is 17.4 Å². The van der Waals surface area contributed by atoms with Crippen molar-refractivity contribution in [3.8, 4) is 5.75 Å². The van der Waals surface area contributed by atoms with Crippen LogP contribution in [-0.4, -0.2) is 30.1 Å². The first-order chi connectivity index (χ1) is 11.9. The van der Waals surface area contributed by atoms with Gasteiger partial charge in [-0.1, -0.05) is 0 Å². The number of halogens is 4. The fraction of sp³-hybridized carbons (Fsp3) is 0.333. The van der Waals surface area contributed by atoms with Gasteiger partial charge >= 0.3 is 13.8 Å². The predicted molar refractivity (Wildman–Crippen MR) is 82.5 cm³/mol. The van der Waals surface area contributed by atoms with Crippen LogP contribution in [0, 0.1) is 11.6 Å². The number of ether oxygens (including phenoxy) is 1. The van der Waals surface area contributed by atoms with Crippen LogP contribution in [0.15, 0.2) is 17.1 Å². The summed E-state index contributed by atoms with van der Waals surface area (Å²) in [7, 11) is -1.00. The van der Waals surface area contributed by atoms with Gasteiger partial charge in [0.2, 0.25) is 11.2 Å². The fourth-order valence-corrected chi connectivity index (χ4v) is 2.50. The molecular formula is C15H13BF4NO4. The Labute approximate surface area is 140 Å². The van der Waals surface area contributed by atoms with Crippen LogP contribution >= 0.6 is 0 Å². The van der Waals surface area contributed by atoms with E-state index in [9.17, 15) is 27.0 Å². The van der Waals surface area contributed by atoms with Gasteiger partial charge < -0.3 is 14.4 Å². The molecular weight excluding hydrogens is 345 g/mol. The maximum absolute atomic E-state index is 14.0. The molecule has 0 atom stereocenters. The van der Waals surface area contributed by atoms with E-state index >= 15 is 0 Å². The van der Waals surface area contributed by atoms with Crippen LogP contribution in [0.3, 0.4) is 0 Å². The van der Waals surface area contributed by atoms with E-state index in [1.54, 1.807) is 6.92 Å². The molecule has 0 bridgehead atoms. The van der Waals surface area contributed by atoms with Crippen molar-refractivity contribution >= 4 is 24.7 Å². The molecule has 1 N–H and O–H groups in total. The fourth-order valence-electron chi connectivity index (χ4n) is 2.50. The molecule has 1 fully saturated rings. The number of aromatic nitrogens is 1. The normalized spacial score (nSPS) is 13.2. The molecule has 1 aliphatic carbocycles. The molecule has 5 nitrogen and oxygen atoms in total. The number of pyridine rings is 1. The van der Waals surface area contributed by atoms with Crippen LogP contribution in [0.1, 0.15) is 36.2 Å². The van der Waals surface area contributed by atoms with E-state index in [1.165, 1.54) is 10.8 Å². The third kappa shape index (κ3) is 3.62. The van der Waals surface area contributed by atoms with E-state index < -0.39 is 36.4 Å². The van der Waals surface area contributed by atoms with Gasteiger partial charge in [-0.05, 0) is 25.8 Å². The number of carboxylic acid groups (broad SMARTS) is 1. The Hall–Kier alpha value is -2.52. The van der Waals surface area contributed by atoms with E-state index in [2.05, 4.69) is 0 Å². The minimum Gasteiger partial charge on any atom is -0.489 e. The summed E-state index contributed by atoms with van der Waals surface area (Å²) in [5.74, 6) is -4.16. The summed E-state index contributed by atoms with van der Waals surface area (Å²) in [5, 5.41) is 8.95. The zero-order valence-electron chi connectivity index (χ0n) is 13.1. The second-order valence-corrected chi connectivity index (χ2v) is 5.23. The molecule has 0 amide bonds. The Morgan fingerprint density at radius 2 is 2.00 bits per heavy atom. The average molecular weight is 358 g/mol. The molecule has 1 saturated carbocycles. The summed E-state index contributed by atoms with van der Waals surface area (Å²) in [6.45, 7) is 1.70. The van der Waals surface area contributed by atoms with Crippen LogP contribution in [0.25, 0.3) is 10.9 Å². The Morgan fingerprint density at radius 3 is 2.48 bits per heavy atom. The number of benzene rings is 1. The van der Waals surface area contributed by atoms with Gasteiger partial charge in [-0.15, -0.1) is 0 Å². The first-order valence-corrected chi connectivity index (χ1v) is 7.32. The topological polar surface area (TPSA) is 68.5 Å². The van der Waals surface area contributed by atoms with Crippen LogP contribution in [0.2, 0.25) is 0 Å². The molecule has 133 valence electrons. The largest absolute Gasteiger partial charge is 0.577 e. The SMILES string of the molecule is CCOc1c(F)c(F)cc2c(=O)c(C(=O)O)cn(C3CC3)c12.F[B]F. The highest BCUT2D eigenvalue weighted by atomic mass is 19.2. The quantitative estimate of drug-likeness (QED) is 0.674. The number of nitrogens with zero attached hydrogens (tertiary/aromatic N) is 1. The zero-order chi connectivity index (χ0) is 18.7. The summed E-state index contributed by atoms with van der Waals surface area (Å²) in [6.07, 6.45) is 2.74. The van der Waals surface area contributed by atoms with E-state index in [0.717, 1.165) is 18.9 Å². The van der Waals surface area contributed by atoms with Crippen molar-refractivity contribution in [2.45, 2.75) is 25.8 Å². The molecule has 1 heterocycles. The number of aromatic carboxylic acids is 1. The summed E-state index contributed by atoms with van der Waals surface area (Å²) < 4.78 is 53.5. The lowest BCUT2D eigenvalue weighted by molar-refractivity contribution is 0.0694. The van der Waals surface area contributed by atoms with Crippen LogP contribution in [0.5, 0.6) is 5.75 Å². The standard InChI is InChI=1S/C15H13F2NO4.BF2/c1-2-22-14-11(17)10(16)5-8-12(14)18(7-3-4-7)6-9(13(8)19)15(20)21;2-1-3/h5-7H,2-4H2,1H3,(H,20,21);. The Bertz CT molecular complexity index is 867. The van der Waals surface area contributed by atoms with Gasteiger partial charge in [0.15, 0.2) is 11.6 Å². The first-order valence-electron chi connectivity index (χ1n) is 7.32. The van der Waals surface area contributed by atoms with Crippen molar-refractivity contribution in [2.75, 3.05) is 6.61 Å². The summed E-state index contributed by atoms with van der Waals surface area (Å²) in [4.78, 5) is 23.5. The van der Waals surface area contributed by atoms with Crippen molar-refractivity contribution in [3.63, 3.8) is 0 Å². The summed E-state index contributed by atoms with van der Waals surface area (Å²) >= 11 is 0. The van der Waals surface area contributed by atoms with Gasteiger partial charge in [0, 0.05) is 12.2 Å². The number of rotatable bonds is 4. The number of carboxylic acids is 1. The lowest BCUT2D eigenvalue weighted by Gasteiger charge is -2.16. The van der Waals surface area contributed by atoms with Crippen molar-refractivity contribution in [3.05, 3.63) is 39.7 Å². The van der Waals surface area contributed by atoms with Crippen molar-refractivity contribution < 1.29 is 32.1 Å². The van der Waals surface area contributed by atoms with Crippen molar-refractivity contribution in [2.24, 2.45) is 0 Å². The molecule has 10 heteroatoms. The number of carbonyl (C=O) groups is 1. The number of fused-ring (bicyclic) bond motifs is 1. The maximum Gasteiger partial charge on any atom is 0.577 e. The van der Waals surface area contributed by atoms with Crippen molar-refractivity contribution in [1.29, 1.82) is 0 Å². The third-order valence-electron chi connectivity index (χ3n) is 3.63. The molecule has 3 rings (SSSR count). The van der Waals surface area contributed by atoms with Crippen LogP contribution < -0.4 is 10.2 Å². The molecule has 1 aromatic carbocycles. The van der Waals surface area contributed by atoms with Gasteiger partial charge in [0.25, 0.3) is 0 Å². The minimum atomic E-state index is -1.40. The average Bonchev–Trinajstić information content (AvgIpc) is 3.38. The Kier molecular flexibility index (Phi) is 5.71. The van der Waals surface area contributed by atoms with Gasteiger partial charge in [-0.3, -0.25) is 13.4 Å². The van der Waals surface area contributed by atoms with E-state index in [0.29, 0.717) is 0 Å². The predicted octanol–water partition coefficient (Wildman–Crippen LogP) is 3.17.